The molecule has 1 N–H and O–H groups in total. The van der Waals surface area contributed by atoms with Crippen LogP contribution in [0.15, 0.2) is 54.6 Å². The van der Waals surface area contributed by atoms with E-state index in [0.717, 1.165) is 24.0 Å². The second kappa shape index (κ2) is 6.32. The minimum Gasteiger partial charge on any atom is -0.391 e. The van der Waals surface area contributed by atoms with Crippen molar-refractivity contribution in [3.8, 4) is 11.1 Å². The van der Waals surface area contributed by atoms with E-state index in [4.69, 9.17) is 0 Å². The number of carbonyl (C=O) groups excluding carboxylic acids is 1. The number of hydrogen-bond donors (Lipinski definition) is 1. The number of benzene rings is 2. The van der Waals surface area contributed by atoms with Gasteiger partial charge in [-0.15, -0.1) is 0 Å². The summed E-state index contributed by atoms with van der Waals surface area (Å²) in [6.45, 7) is 0.407. The first-order valence-corrected chi connectivity index (χ1v) is 7.74. The summed E-state index contributed by atoms with van der Waals surface area (Å²) in [7, 11) is 1.75. The van der Waals surface area contributed by atoms with Crippen molar-refractivity contribution in [2.45, 2.75) is 18.9 Å². The van der Waals surface area contributed by atoms with Gasteiger partial charge in [-0.25, -0.2) is 0 Å². The number of hydrogen-bond acceptors (Lipinski definition) is 2. The third-order valence-electron chi connectivity index (χ3n) is 4.21. The predicted octanol–water partition coefficient (Wildman–Crippen LogP) is 3.20. The lowest BCUT2D eigenvalue weighted by atomic mass is 10.0. The molecule has 1 saturated carbocycles. The molecular formula is C19H21NO2. The summed E-state index contributed by atoms with van der Waals surface area (Å²) < 4.78 is 0. The molecule has 0 spiro atoms. The fourth-order valence-corrected chi connectivity index (χ4v) is 2.65. The van der Waals surface area contributed by atoms with Crippen LogP contribution in [0.3, 0.4) is 0 Å². The first-order chi connectivity index (χ1) is 10.6. The molecule has 3 nitrogen and oxygen atoms in total. The Hall–Kier alpha value is -2.13. The van der Waals surface area contributed by atoms with Gasteiger partial charge in [0.1, 0.15) is 0 Å². The standard InChI is InChI=1S/C19H21NO2/c1-20(13-18(21)16-9-10-16)19(22)17-11-7-15(8-12-17)14-5-3-2-4-6-14/h2-8,11-12,16,18,21H,9-10,13H2,1H3. The molecule has 3 heteroatoms. The van der Waals surface area contributed by atoms with Crippen LogP contribution in [0.2, 0.25) is 0 Å². The Labute approximate surface area is 131 Å². The van der Waals surface area contributed by atoms with E-state index >= 15 is 0 Å². The monoisotopic (exact) mass is 295 g/mol. The third-order valence-corrected chi connectivity index (χ3v) is 4.21. The summed E-state index contributed by atoms with van der Waals surface area (Å²) in [6, 6.07) is 17.7. The summed E-state index contributed by atoms with van der Waals surface area (Å²) in [6.07, 6.45) is 1.77. The van der Waals surface area contributed by atoms with Gasteiger partial charge in [-0.1, -0.05) is 42.5 Å². The maximum atomic E-state index is 12.4. The van der Waals surface area contributed by atoms with Crippen molar-refractivity contribution in [3.63, 3.8) is 0 Å². The lowest BCUT2D eigenvalue weighted by molar-refractivity contribution is 0.0645. The van der Waals surface area contributed by atoms with E-state index in [1.165, 1.54) is 0 Å². The Morgan fingerprint density at radius 1 is 1.09 bits per heavy atom. The molecule has 0 aliphatic heterocycles. The van der Waals surface area contributed by atoms with Crippen molar-refractivity contribution in [3.05, 3.63) is 60.2 Å². The van der Waals surface area contributed by atoms with Gasteiger partial charge in [-0.3, -0.25) is 4.79 Å². The van der Waals surface area contributed by atoms with Crippen molar-refractivity contribution >= 4 is 5.91 Å². The van der Waals surface area contributed by atoms with Gasteiger partial charge in [0.25, 0.3) is 5.91 Å². The molecule has 114 valence electrons. The van der Waals surface area contributed by atoms with Crippen molar-refractivity contribution in [2.75, 3.05) is 13.6 Å². The molecule has 0 heterocycles. The Balaban J connectivity index is 1.68. The summed E-state index contributed by atoms with van der Waals surface area (Å²) in [4.78, 5) is 14.0. The summed E-state index contributed by atoms with van der Waals surface area (Å²) in [5.41, 5.74) is 2.89. The minimum absolute atomic E-state index is 0.0423. The smallest absolute Gasteiger partial charge is 0.253 e. The maximum Gasteiger partial charge on any atom is 0.253 e. The van der Waals surface area contributed by atoms with E-state index in [-0.39, 0.29) is 5.91 Å². The lowest BCUT2D eigenvalue weighted by Gasteiger charge is -2.21. The number of amides is 1. The highest BCUT2D eigenvalue weighted by molar-refractivity contribution is 5.94. The van der Waals surface area contributed by atoms with E-state index in [2.05, 4.69) is 12.1 Å². The summed E-state index contributed by atoms with van der Waals surface area (Å²) >= 11 is 0. The van der Waals surface area contributed by atoms with Crippen LogP contribution in [0.1, 0.15) is 23.2 Å². The predicted molar refractivity (Wildman–Crippen MR) is 87.6 cm³/mol. The van der Waals surface area contributed by atoms with Gasteiger partial charge >= 0.3 is 0 Å². The molecule has 1 fully saturated rings. The fourth-order valence-electron chi connectivity index (χ4n) is 2.65. The van der Waals surface area contributed by atoms with Gasteiger partial charge < -0.3 is 10.0 Å². The Kier molecular flexibility index (Phi) is 4.25. The van der Waals surface area contributed by atoms with E-state index in [0.29, 0.717) is 18.0 Å². The van der Waals surface area contributed by atoms with Gasteiger partial charge in [-0.2, -0.15) is 0 Å². The van der Waals surface area contributed by atoms with Crippen molar-refractivity contribution in [1.29, 1.82) is 0 Å². The molecule has 1 aliphatic carbocycles. The number of aliphatic hydroxyl groups is 1. The average molecular weight is 295 g/mol. The molecule has 0 aromatic heterocycles. The number of nitrogens with zero attached hydrogens (tertiary/aromatic N) is 1. The SMILES string of the molecule is CN(CC(O)C1CC1)C(=O)c1ccc(-c2ccccc2)cc1. The highest BCUT2D eigenvalue weighted by atomic mass is 16.3. The topological polar surface area (TPSA) is 40.5 Å². The number of carbonyl (C=O) groups is 1. The van der Waals surface area contributed by atoms with Crippen molar-refractivity contribution < 1.29 is 9.90 Å². The number of rotatable bonds is 5. The molecule has 22 heavy (non-hydrogen) atoms. The maximum absolute atomic E-state index is 12.4. The molecule has 1 unspecified atom stereocenters. The van der Waals surface area contributed by atoms with E-state index < -0.39 is 6.10 Å². The van der Waals surface area contributed by atoms with Gasteiger partial charge in [0, 0.05) is 19.2 Å². The zero-order chi connectivity index (χ0) is 15.5. The van der Waals surface area contributed by atoms with E-state index in [1.54, 1.807) is 11.9 Å². The minimum atomic E-state index is -0.391. The molecule has 1 atom stereocenters. The van der Waals surface area contributed by atoms with Gasteiger partial charge in [0.2, 0.25) is 0 Å². The van der Waals surface area contributed by atoms with E-state index in [1.807, 2.05) is 42.5 Å². The van der Waals surface area contributed by atoms with Gasteiger partial charge in [-0.05, 0) is 42.0 Å². The average Bonchev–Trinajstić information content (AvgIpc) is 3.40. The Bertz CT molecular complexity index is 632. The lowest BCUT2D eigenvalue weighted by Crippen LogP contribution is -2.35. The second-order valence-electron chi connectivity index (χ2n) is 6.03. The first kappa shape index (κ1) is 14.8. The Morgan fingerprint density at radius 3 is 2.27 bits per heavy atom. The largest absolute Gasteiger partial charge is 0.391 e. The molecule has 2 aromatic rings. The van der Waals surface area contributed by atoms with Crippen LogP contribution in [0, 0.1) is 5.92 Å². The highest BCUT2D eigenvalue weighted by Gasteiger charge is 2.31. The van der Waals surface area contributed by atoms with Crippen LogP contribution in [0.4, 0.5) is 0 Å². The Morgan fingerprint density at radius 2 is 1.68 bits per heavy atom. The van der Waals surface area contributed by atoms with Gasteiger partial charge in [0.15, 0.2) is 0 Å². The first-order valence-electron chi connectivity index (χ1n) is 7.74. The number of likely N-dealkylation sites (N-methyl/N-ethyl adjacent to an activating group) is 1. The zero-order valence-electron chi connectivity index (χ0n) is 12.8. The third kappa shape index (κ3) is 3.37. The molecule has 1 aliphatic rings. The van der Waals surface area contributed by atoms with Gasteiger partial charge in [0.05, 0.1) is 6.10 Å². The quantitative estimate of drug-likeness (QED) is 0.920. The summed E-state index contributed by atoms with van der Waals surface area (Å²) in [5.74, 6) is 0.343. The summed E-state index contributed by atoms with van der Waals surface area (Å²) in [5, 5.41) is 9.95. The van der Waals surface area contributed by atoms with Crippen LogP contribution < -0.4 is 0 Å². The molecule has 2 aromatic carbocycles. The fraction of sp³-hybridized carbons (Fsp3) is 0.316. The van der Waals surface area contributed by atoms with E-state index in [9.17, 15) is 9.90 Å². The van der Waals surface area contributed by atoms with Crippen molar-refractivity contribution in [1.82, 2.24) is 4.90 Å². The van der Waals surface area contributed by atoms with Crippen LogP contribution in [-0.2, 0) is 0 Å². The van der Waals surface area contributed by atoms with Crippen LogP contribution in [0.25, 0.3) is 11.1 Å². The molecule has 0 bridgehead atoms. The number of aliphatic hydroxyl groups excluding tert-OH is 1. The zero-order valence-corrected chi connectivity index (χ0v) is 12.8. The molecular weight excluding hydrogens is 274 g/mol. The highest BCUT2D eigenvalue weighted by Crippen LogP contribution is 2.32. The second-order valence-corrected chi connectivity index (χ2v) is 6.03. The van der Waals surface area contributed by atoms with Crippen molar-refractivity contribution in [2.24, 2.45) is 5.92 Å². The van der Waals surface area contributed by atoms with Crippen LogP contribution >= 0.6 is 0 Å². The molecule has 0 saturated heterocycles. The normalized spacial score (nSPS) is 15.4. The van der Waals surface area contributed by atoms with Crippen LogP contribution in [-0.4, -0.2) is 35.6 Å². The molecule has 3 rings (SSSR count). The van der Waals surface area contributed by atoms with Crippen LogP contribution in [0.5, 0.6) is 0 Å². The molecule has 1 amide bonds. The molecule has 0 radical (unpaired) electrons.